The van der Waals surface area contributed by atoms with E-state index in [1.165, 1.54) is 244 Å². The maximum absolute atomic E-state index is 13.2. The number of amides is 1. The lowest BCUT2D eigenvalue weighted by Gasteiger charge is -2.40. The van der Waals surface area contributed by atoms with Crippen molar-refractivity contribution in [3.63, 3.8) is 0 Å². The first-order valence-electron chi connectivity index (χ1n) is 36.8. The first-order valence-corrected chi connectivity index (χ1v) is 36.8. The van der Waals surface area contributed by atoms with Gasteiger partial charge in [-0.1, -0.05) is 349 Å². The third kappa shape index (κ3) is 53.2. The number of nitrogens with one attached hydrogen (secondary N) is 1. The van der Waals surface area contributed by atoms with Gasteiger partial charge in [-0.2, -0.15) is 0 Å². The minimum absolute atomic E-state index is 0.174. The Hall–Kier alpha value is -2.63. The number of hydrogen-bond donors (Lipinski definition) is 6. The number of carbonyl (C=O) groups excluding carboxylic acids is 1. The number of aliphatic hydroxyl groups excluding tert-OH is 5. The molecule has 1 amide bonds. The lowest BCUT2D eigenvalue weighted by molar-refractivity contribution is -0.302. The molecular formula is C77H139NO8. The molecule has 1 saturated heterocycles. The molecule has 1 heterocycles. The van der Waals surface area contributed by atoms with Crippen molar-refractivity contribution in [2.45, 2.75) is 384 Å². The molecule has 0 aromatic rings. The van der Waals surface area contributed by atoms with Crippen LogP contribution >= 0.6 is 0 Å². The summed E-state index contributed by atoms with van der Waals surface area (Å²) in [7, 11) is 0. The fourth-order valence-electron chi connectivity index (χ4n) is 11.5. The van der Waals surface area contributed by atoms with Crippen LogP contribution < -0.4 is 5.32 Å². The van der Waals surface area contributed by atoms with Crippen LogP contribution in [-0.4, -0.2) is 87.5 Å². The monoisotopic (exact) mass is 1210 g/mol. The number of ether oxygens (including phenoxy) is 2. The van der Waals surface area contributed by atoms with Crippen LogP contribution in [0.25, 0.3) is 0 Å². The first kappa shape index (κ1) is 81.4. The van der Waals surface area contributed by atoms with E-state index in [0.717, 1.165) is 77.0 Å². The van der Waals surface area contributed by atoms with E-state index in [0.29, 0.717) is 6.42 Å². The Morgan fingerprint density at radius 1 is 0.407 bits per heavy atom. The van der Waals surface area contributed by atoms with E-state index in [1.54, 1.807) is 6.08 Å². The molecule has 1 rings (SSSR count). The summed E-state index contributed by atoms with van der Waals surface area (Å²) in [5, 5.41) is 54.8. The van der Waals surface area contributed by atoms with Crippen LogP contribution in [0, 0.1) is 0 Å². The van der Waals surface area contributed by atoms with Gasteiger partial charge in [-0.3, -0.25) is 4.79 Å². The van der Waals surface area contributed by atoms with E-state index in [9.17, 15) is 30.3 Å². The molecule has 0 radical (unpaired) electrons. The van der Waals surface area contributed by atoms with E-state index in [2.05, 4.69) is 92.1 Å². The molecule has 1 fully saturated rings. The molecule has 0 aromatic carbocycles. The Morgan fingerprint density at radius 3 is 1.07 bits per heavy atom. The fraction of sp³-hybridized carbons (Fsp3) is 0.805. The fourth-order valence-corrected chi connectivity index (χ4v) is 11.5. The summed E-state index contributed by atoms with van der Waals surface area (Å²) in [5.74, 6) is -0.174. The van der Waals surface area contributed by atoms with E-state index >= 15 is 0 Å². The van der Waals surface area contributed by atoms with Gasteiger partial charge in [-0.15, -0.1) is 0 Å². The van der Waals surface area contributed by atoms with Crippen molar-refractivity contribution >= 4 is 5.91 Å². The second kappa shape index (κ2) is 65.3. The highest BCUT2D eigenvalue weighted by Crippen LogP contribution is 2.23. The summed E-state index contributed by atoms with van der Waals surface area (Å²) in [4.78, 5) is 13.2. The van der Waals surface area contributed by atoms with E-state index in [4.69, 9.17) is 9.47 Å². The quantitative estimate of drug-likeness (QED) is 0.0261. The summed E-state index contributed by atoms with van der Waals surface area (Å²) < 4.78 is 11.3. The van der Waals surface area contributed by atoms with Crippen molar-refractivity contribution < 1.29 is 39.8 Å². The predicted octanol–water partition coefficient (Wildman–Crippen LogP) is 20.5. The highest BCUT2D eigenvalue weighted by molar-refractivity contribution is 5.76. The number of carbonyl (C=O) groups is 1. The number of allylic oxidation sites excluding steroid dienone is 13. The van der Waals surface area contributed by atoms with Gasteiger partial charge >= 0.3 is 0 Å². The molecule has 0 spiro atoms. The molecule has 0 aliphatic carbocycles. The van der Waals surface area contributed by atoms with Crippen LogP contribution in [-0.2, 0) is 14.3 Å². The molecule has 6 N–H and O–H groups in total. The Bertz CT molecular complexity index is 1640. The van der Waals surface area contributed by atoms with Crippen LogP contribution in [0.1, 0.15) is 341 Å². The summed E-state index contributed by atoms with van der Waals surface area (Å²) >= 11 is 0. The Kier molecular flexibility index (Phi) is 61.8. The third-order valence-electron chi connectivity index (χ3n) is 17.2. The second-order valence-corrected chi connectivity index (χ2v) is 25.4. The minimum Gasteiger partial charge on any atom is -0.394 e. The summed E-state index contributed by atoms with van der Waals surface area (Å²) in [5.41, 5.74) is 0. The van der Waals surface area contributed by atoms with Crippen molar-refractivity contribution in [1.82, 2.24) is 5.32 Å². The van der Waals surface area contributed by atoms with Gasteiger partial charge in [0.15, 0.2) is 6.29 Å². The minimum atomic E-state index is -1.57. The lowest BCUT2D eigenvalue weighted by atomic mass is 9.99. The molecule has 9 nitrogen and oxygen atoms in total. The van der Waals surface area contributed by atoms with Crippen LogP contribution in [0.15, 0.2) is 85.1 Å². The second-order valence-electron chi connectivity index (χ2n) is 25.4. The van der Waals surface area contributed by atoms with Gasteiger partial charge in [0.25, 0.3) is 0 Å². The normalized spacial score (nSPS) is 18.5. The standard InChI is InChI=1S/C77H139NO8/c1-3-5-7-9-11-13-15-17-19-21-23-25-27-29-31-33-34-35-36-37-38-39-41-43-45-47-49-51-53-55-57-59-61-63-65-67-73(81)78-70(69-85-77-76(84)75(83)74(82)72(68-79)86-77)71(80)66-64-62-60-58-56-54-52-50-48-46-44-42-40-32-30-28-26-24-22-20-18-16-14-12-10-8-6-4-2/h5,7,11,13,17,19,23,25,29,31,34-35,64,66,70-72,74-77,79-80,82-84H,3-4,6,8-10,12,14-16,18,20-22,24,26-28,30,32-33,36-63,65,67-69H2,1-2H3,(H,78,81)/b7-5-,13-11-,19-17-,25-23-,31-29-,35-34-,66-64+. The van der Waals surface area contributed by atoms with Crippen LogP contribution in [0.4, 0.5) is 0 Å². The predicted molar refractivity (Wildman–Crippen MR) is 368 cm³/mol. The molecule has 9 heteroatoms. The molecular weight excluding hydrogens is 1070 g/mol. The van der Waals surface area contributed by atoms with Crippen LogP contribution in [0.3, 0.4) is 0 Å². The number of rotatable bonds is 64. The van der Waals surface area contributed by atoms with E-state index in [1.807, 2.05) is 6.08 Å². The summed E-state index contributed by atoms with van der Waals surface area (Å²) in [6.07, 6.45) is 86.9. The zero-order valence-corrected chi connectivity index (χ0v) is 56.1. The van der Waals surface area contributed by atoms with Gasteiger partial charge in [-0.05, 0) is 70.6 Å². The van der Waals surface area contributed by atoms with Gasteiger partial charge < -0.3 is 40.3 Å². The zero-order chi connectivity index (χ0) is 62.1. The van der Waals surface area contributed by atoms with Crippen LogP contribution in [0.2, 0.25) is 0 Å². The highest BCUT2D eigenvalue weighted by atomic mass is 16.7. The molecule has 0 aromatic heterocycles. The smallest absolute Gasteiger partial charge is 0.220 e. The van der Waals surface area contributed by atoms with Crippen molar-refractivity contribution in [2.24, 2.45) is 0 Å². The number of unbranched alkanes of at least 4 members (excludes halogenated alkanes) is 42. The SMILES string of the molecule is CC/C=C\C/C=C\C/C=C\C/C=C\C/C=C\C/C=C\CCCCCCCCCCCCCCCCCCC(=O)NC(COC1OC(CO)C(O)C(O)C1O)C(O)/C=C/CCCCCCCCCCCCCCCCCCCCCCCCCCCC. The lowest BCUT2D eigenvalue weighted by Crippen LogP contribution is -2.60. The van der Waals surface area contributed by atoms with Crippen molar-refractivity contribution in [1.29, 1.82) is 0 Å². The van der Waals surface area contributed by atoms with Crippen molar-refractivity contribution in [2.75, 3.05) is 13.2 Å². The Morgan fingerprint density at radius 2 is 0.721 bits per heavy atom. The van der Waals surface area contributed by atoms with Gasteiger partial charge in [0.1, 0.15) is 24.4 Å². The average Bonchev–Trinajstić information content (AvgIpc) is 3.65. The maximum atomic E-state index is 13.2. The number of hydrogen-bond acceptors (Lipinski definition) is 8. The van der Waals surface area contributed by atoms with Gasteiger partial charge in [0, 0.05) is 6.42 Å². The van der Waals surface area contributed by atoms with E-state index in [-0.39, 0.29) is 12.5 Å². The molecule has 1 aliphatic rings. The third-order valence-corrected chi connectivity index (χ3v) is 17.2. The molecule has 86 heavy (non-hydrogen) atoms. The first-order chi connectivity index (χ1) is 42.3. The molecule has 0 bridgehead atoms. The largest absolute Gasteiger partial charge is 0.394 e. The maximum Gasteiger partial charge on any atom is 0.220 e. The van der Waals surface area contributed by atoms with Gasteiger partial charge in [0.2, 0.25) is 5.91 Å². The van der Waals surface area contributed by atoms with Crippen molar-refractivity contribution in [3.8, 4) is 0 Å². The summed E-state index contributed by atoms with van der Waals surface area (Å²) in [6, 6.07) is -0.810. The van der Waals surface area contributed by atoms with Crippen molar-refractivity contribution in [3.05, 3.63) is 85.1 Å². The highest BCUT2D eigenvalue weighted by Gasteiger charge is 2.44. The molecule has 7 unspecified atom stereocenters. The molecule has 7 atom stereocenters. The Labute approximate surface area is 531 Å². The van der Waals surface area contributed by atoms with E-state index < -0.39 is 49.5 Å². The topological polar surface area (TPSA) is 149 Å². The molecule has 0 saturated carbocycles. The van der Waals surface area contributed by atoms with Gasteiger partial charge in [0.05, 0.1) is 25.4 Å². The average molecular weight is 1210 g/mol. The molecule has 500 valence electrons. The van der Waals surface area contributed by atoms with Crippen LogP contribution in [0.5, 0.6) is 0 Å². The summed E-state index contributed by atoms with van der Waals surface area (Å²) in [6.45, 7) is 3.71. The Balaban J connectivity index is 2.11. The van der Waals surface area contributed by atoms with Gasteiger partial charge in [-0.25, -0.2) is 0 Å². The number of aliphatic hydroxyl groups is 5. The molecule has 1 aliphatic heterocycles. The zero-order valence-electron chi connectivity index (χ0n) is 56.1.